The third-order valence-electron chi connectivity index (χ3n) is 8.71. The molecule has 0 saturated carbocycles. The number of hydrogen-bond donors (Lipinski definition) is 0. The smallest absolute Gasteiger partial charge is 0.162 e. The Morgan fingerprint density at radius 2 is 1.11 bits per heavy atom. The lowest BCUT2D eigenvalue weighted by molar-refractivity contribution is 0.668. The molecule has 206 valence electrons. The highest BCUT2D eigenvalue weighted by molar-refractivity contribution is 6.20. The van der Waals surface area contributed by atoms with Gasteiger partial charge in [0.2, 0.25) is 0 Å². The van der Waals surface area contributed by atoms with Crippen LogP contribution in [0.3, 0.4) is 0 Å². The van der Waals surface area contributed by atoms with E-state index in [4.69, 9.17) is 4.42 Å². The fourth-order valence-electron chi connectivity index (χ4n) is 6.61. The van der Waals surface area contributed by atoms with Crippen LogP contribution in [0.5, 0.6) is 0 Å². The van der Waals surface area contributed by atoms with Gasteiger partial charge in [-0.3, -0.25) is 4.98 Å². The summed E-state index contributed by atoms with van der Waals surface area (Å²) in [6.07, 6.45) is 3.78. The van der Waals surface area contributed by atoms with Gasteiger partial charge in [-0.25, -0.2) is 0 Å². The van der Waals surface area contributed by atoms with E-state index in [1.54, 1.807) is 0 Å². The van der Waals surface area contributed by atoms with Crippen molar-refractivity contribution in [3.63, 3.8) is 0 Å². The van der Waals surface area contributed by atoms with Crippen LogP contribution in [0, 0.1) is 0 Å². The number of anilines is 3. The molecule has 0 amide bonds. The summed E-state index contributed by atoms with van der Waals surface area (Å²) in [4.78, 5) is 6.86. The van der Waals surface area contributed by atoms with E-state index in [1.807, 2.05) is 36.7 Å². The fraction of sp³-hybridized carbons (Fsp3) is 0. The van der Waals surface area contributed by atoms with E-state index in [2.05, 4.69) is 131 Å². The van der Waals surface area contributed by atoms with Crippen LogP contribution in [0.4, 0.5) is 17.1 Å². The van der Waals surface area contributed by atoms with E-state index in [-0.39, 0.29) is 0 Å². The Balaban J connectivity index is 1.16. The van der Waals surface area contributed by atoms with Crippen molar-refractivity contribution >= 4 is 71.3 Å². The van der Waals surface area contributed by atoms with E-state index < -0.39 is 0 Å². The Morgan fingerprint density at radius 3 is 1.98 bits per heavy atom. The van der Waals surface area contributed by atoms with Gasteiger partial charge in [-0.1, -0.05) is 109 Å². The molecule has 0 spiro atoms. The number of para-hydroxylation sites is 2. The largest absolute Gasteiger partial charge is 0.454 e. The lowest BCUT2D eigenvalue weighted by Crippen LogP contribution is -2.10. The first kappa shape index (κ1) is 24.6. The zero-order valence-corrected chi connectivity index (χ0v) is 23.8. The van der Waals surface area contributed by atoms with Crippen molar-refractivity contribution < 1.29 is 4.42 Å². The molecule has 9 aromatic rings. The zero-order valence-electron chi connectivity index (χ0n) is 23.8. The quantitative estimate of drug-likeness (QED) is 0.200. The van der Waals surface area contributed by atoms with Crippen LogP contribution in [0.25, 0.3) is 65.4 Å². The van der Waals surface area contributed by atoms with E-state index in [0.29, 0.717) is 0 Å². The highest BCUT2D eigenvalue weighted by Gasteiger charge is 2.19. The summed E-state index contributed by atoms with van der Waals surface area (Å²) in [7, 11) is 0. The third kappa shape index (κ3) is 3.87. The molecule has 0 saturated heterocycles. The van der Waals surface area contributed by atoms with E-state index in [1.165, 1.54) is 43.4 Å². The maximum Gasteiger partial charge on any atom is 0.162 e. The number of nitrogens with zero attached hydrogens (tertiary/aromatic N) is 2. The standard InChI is InChI=1S/C41H26N2O/c1-2-9-32(10-3-1)43(38-26-42-25-37-36-12-6-7-13-39(36)44-41(37)38)33-21-18-27(19-22-33)30-20-23-35-31(24-30)17-16-29-15-14-28-8-4-5-11-34(28)40(29)35/h1-26H. The molecule has 7 aromatic carbocycles. The lowest BCUT2D eigenvalue weighted by Gasteiger charge is -2.25. The van der Waals surface area contributed by atoms with Crippen LogP contribution >= 0.6 is 0 Å². The van der Waals surface area contributed by atoms with Gasteiger partial charge in [0.25, 0.3) is 0 Å². The number of rotatable bonds is 4. The summed E-state index contributed by atoms with van der Waals surface area (Å²) in [5, 5.41) is 9.73. The molecule has 0 aliphatic carbocycles. The molecular weight excluding hydrogens is 536 g/mol. The van der Waals surface area contributed by atoms with Crippen molar-refractivity contribution in [1.82, 2.24) is 4.98 Å². The van der Waals surface area contributed by atoms with Gasteiger partial charge in [-0.2, -0.15) is 0 Å². The average Bonchev–Trinajstić information content (AvgIpc) is 3.48. The van der Waals surface area contributed by atoms with Crippen molar-refractivity contribution in [3.05, 3.63) is 158 Å². The molecule has 0 unspecified atom stereocenters. The summed E-state index contributed by atoms with van der Waals surface area (Å²) in [5.41, 5.74) is 7.02. The predicted molar refractivity (Wildman–Crippen MR) is 184 cm³/mol. The Hall–Kier alpha value is -5.93. The Kier molecular flexibility index (Phi) is 5.50. The van der Waals surface area contributed by atoms with Gasteiger partial charge < -0.3 is 9.32 Å². The minimum atomic E-state index is 0.823. The van der Waals surface area contributed by atoms with Crippen LogP contribution in [0.1, 0.15) is 0 Å². The van der Waals surface area contributed by atoms with Crippen molar-refractivity contribution in [3.8, 4) is 11.1 Å². The van der Waals surface area contributed by atoms with Crippen molar-refractivity contribution in [1.29, 1.82) is 0 Å². The van der Waals surface area contributed by atoms with Crippen LogP contribution in [0.15, 0.2) is 162 Å². The van der Waals surface area contributed by atoms with Gasteiger partial charge in [-0.05, 0) is 79.8 Å². The normalized spacial score (nSPS) is 11.6. The minimum absolute atomic E-state index is 0.823. The molecule has 2 heterocycles. The molecule has 0 N–H and O–H groups in total. The van der Waals surface area contributed by atoms with Gasteiger partial charge in [0.15, 0.2) is 5.58 Å². The van der Waals surface area contributed by atoms with Crippen LogP contribution in [0.2, 0.25) is 0 Å². The molecule has 0 bridgehead atoms. The first-order valence-corrected chi connectivity index (χ1v) is 14.9. The maximum atomic E-state index is 6.42. The van der Waals surface area contributed by atoms with Crippen molar-refractivity contribution in [2.24, 2.45) is 0 Å². The molecule has 0 aliphatic heterocycles. The van der Waals surface area contributed by atoms with E-state index in [9.17, 15) is 0 Å². The minimum Gasteiger partial charge on any atom is -0.454 e. The third-order valence-corrected chi connectivity index (χ3v) is 8.71. The van der Waals surface area contributed by atoms with Gasteiger partial charge in [0.1, 0.15) is 11.3 Å². The molecule has 9 rings (SSSR count). The number of fused-ring (bicyclic) bond motifs is 8. The summed E-state index contributed by atoms with van der Waals surface area (Å²) >= 11 is 0. The first-order chi connectivity index (χ1) is 21.8. The second-order valence-electron chi connectivity index (χ2n) is 11.2. The molecule has 3 nitrogen and oxygen atoms in total. The molecule has 0 atom stereocenters. The average molecular weight is 563 g/mol. The SMILES string of the molecule is c1ccc(N(c2ccc(-c3ccc4c(ccc5ccc6ccccc6c54)c3)cc2)c2cncc3c2oc2ccccc23)cc1. The van der Waals surface area contributed by atoms with Crippen molar-refractivity contribution in [2.75, 3.05) is 4.90 Å². The summed E-state index contributed by atoms with van der Waals surface area (Å²) in [6, 6.07) is 51.7. The van der Waals surface area contributed by atoms with Gasteiger partial charge in [-0.15, -0.1) is 0 Å². The molecule has 2 aromatic heterocycles. The second-order valence-corrected chi connectivity index (χ2v) is 11.2. The van der Waals surface area contributed by atoms with Gasteiger partial charge >= 0.3 is 0 Å². The van der Waals surface area contributed by atoms with Crippen LogP contribution < -0.4 is 4.90 Å². The van der Waals surface area contributed by atoms with E-state index >= 15 is 0 Å². The molecular formula is C41H26N2O. The number of benzene rings is 7. The van der Waals surface area contributed by atoms with Crippen molar-refractivity contribution in [2.45, 2.75) is 0 Å². The molecule has 0 fully saturated rings. The monoisotopic (exact) mass is 562 g/mol. The fourth-order valence-corrected chi connectivity index (χ4v) is 6.61. The van der Waals surface area contributed by atoms with Gasteiger partial charge in [0.05, 0.1) is 6.20 Å². The second kappa shape index (κ2) is 9.82. The first-order valence-electron chi connectivity index (χ1n) is 14.9. The number of hydrogen-bond acceptors (Lipinski definition) is 3. The topological polar surface area (TPSA) is 29.3 Å². The highest BCUT2D eigenvalue weighted by Crippen LogP contribution is 2.42. The molecule has 0 radical (unpaired) electrons. The molecule has 0 aliphatic rings. The number of pyridine rings is 1. The Labute approximate surface area is 254 Å². The van der Waals surface area contributed by atoms with Crippen LogP contribution in [-0.4, -0.2) is 4.98 Å². The van der Waals surface area contributed by atoms with E-state index in [0.717, 1.165) is 39.0 Å². The summed E-state index contributed by atoms with van der Waals surface area (Å²) in [5.74, 6) is 0. The summed E-state index contributed by atoms with van der Waals surface area (Å²) in [6.45, 7) is 0. The predicted octanol–water partition coefficient (Wildman–Crippen LogP) is 11.6. The Morgan fingerprint density at radius 1 is 0.455 bits per heavy atom. The molecule has 44 heavy (non-hydrogen) atoms. The number of aromatic nitrogens is 1. The number of furan rings is 1. The summed E-state index contributed by atoms with van der Waals surface area (Å²) < 4.78 is 6.42. The maximum absolute atomic E-state index is 6.42. The van der Waals surface area contributed by atoms with Crippen LogP contribution in [-0.2, 0) is 0 Å². The lowest BCUT2D eigenvalue weighted by atomic mass is 9.94. The van der Waals surface area contributed by atoms with Gasteiger partial charge in [0, 0.05) is 28.3 Å². The Bertz CT molecular complexity index is 2490. The molecule has 3 heteroatoms. The zero-order chi connectivity index (χ0) is 29.0. The highest BCUT2D eigenvalue weighted by atomic mass is 16.3.